The van der Waals surface area contributed by atoms with E-state index >= 15 is 0 Å². The predicted molar refractivity (Wildman–Crippen MR) is 107 cm³/mol. The van der Waals surface area contributed by atoms with Crippen molar-refractivity contribution in [1.82, 2.24) is 15.1 Å². The van der Waals surface area contributed by atoms with Crippen LogP contribution in [0.25, 0.3) is 0 Å². The van der Waals surface area contributed by atoms with Crippen molar-refractivity contribution in [3.8, 4) is 6.07 Å². The Morgan fingerprint density at radius 3 is 2.41 bits per heavy atom. The van der Waals surface area contributed by atoms with Crippen molar-refractivity contribution in [3.63, 3.8) is 0 Å². The van der Waals surface area contributed by atoms with Crippen LogP contribution >= 0.6 is 0 Å². The highest BCUT2D eigenvalue weighted by Gasteiger charge is 2.15. The van der Waals surface area contributed by atoms with Crippen LogP contribution in [-0.4, -0.2) is 15.7 Å². The van der Waals surface area contributed by atoms with Crippen LogP contribution in [0, 0.1) is 25.2 Å². The van der Waals surface area contributed by atoms with Crippen LogP contribution in [0.5, 0.6) is 0 Å². The average molecular weight is 367 g/mol. The van der Waals surface area contributed by atoms with Gasteiger partial charge >= 0.3 is 0 Å². The molecule has 0 spiro atoms. The average Bonchev–Trinajstić information content (AvgIpc) is 2.91. The summed E-state index contributed by atoms with van der Waals surface area (Å²) < 4.78 is 1.87. The molecule has 2 aromatic rings. The van der Waals surface area contributed by atoms with Crippen molar-refractivity contribution in [1.29, 1.82) is 5.26 Å². The number of nitrogens with one attached hydrogen (secondary N) is 1. The van der Waals surface area contributed by atoms with Gasteiger partial charge in [0.05, 0.1) is 30.8 Å². The maximum Gasteiger partial charge on any atom is 0.220 e. The number of hydrogen-bond donors (Lipinski definition) is 1. The van der Waals surface area contributed by atoms with Gasteiger partial charge in [-0.1, -0.05) is 38.1 Å². The zero-order valence-electron chi connectivity index (χ0n) is 17.0. The van der Waals surface area contributed by atoms with E-state index in [1.807, 2.05) is 25.5 Å². The minimum atomic E-state index is -0.0146. The number of aryl methyl sites for hydroxylation is 2. The lowest BCUT2D eigenvalue weighted by Crippen LogP contribution is -2.26. The summed E-state index contributed by atoms with van der Waals surface area (Å²) in [4.78, 5) is 12.4. The molecule has 0 aliphatic rings. The van der Waals surface area contributed by atoms with E-state index in [0.29, 0.717) is 31.7 Å². The van der Waals surface area contributed by atoms with Crippen molar-refractivity contribution in [2.45, 2.75) is 72.4 Å². The summed E-state index contributed by atoms with van der Waals surface area (Å²) in [5, 5.41) is 16.3. The van der Waals surface area contributed by atoms with E-state index in [0.717, 1.165) is 22.5 Å². The van der Waals surface area contributed by atoms with Gasteiger partial charge in [-0.3, -0.25) is 9.48 Å². The minimum Gasteiger partial charge on any atom is -0.350 e. The highest BCUT2D eigenvalue weighted by Crippen LogP contribution is 2.19. The molecular formula is C22H30N4O. The lowest BCUT2D eigenvalue weighted by molar-refractivity contribution is -0.121. The maximum absolute atomic E-state index is 12.4. The Hall–Kier alpha value is -2.61. The van der Waals surface area contributed by atoms with E-state index in [2.05, 4.69) is 54.6 Å². The lowest BCUT2D eigenvalue weighted by Gasteiger charge is -2.15. The molecular weight excluding hydrogens is 336 g/mol. The van der Waals surface area contributed by atoms with Gasteiger partial charge in [-0.25, -0.2) is 0 Å². The molecule has 27 heavy (non-hydrogen) atoms. The SMILES string of the molecule is Cc1nn(CCC#N)c(C)c1CCC(=O)NC(C)c1ccc(C(C)C)cc1. The third-order valence-corrected chi connectivity index (χ3v) is 5.05. The van der Waals surface area contributed by atoms with Gasteiger partial charge in [-0.05, 0) is 49.8 Å². The van der Waals surface area contributed by atoms with Gasteiger partial charge in [-0.15, -0.1) is 0 Å². The van der Waals surface area contributed by atoms with Crippen molar-refractivity contribution in [3.05, 3.63) is 52.3 Å². The fourth-order valence-electron chi connectivity index (χ4n) is 3.27. The Bertz CT molecular complexity index is 812. The van der Waals surface area contributed by atoms with Crippen molar-refractivity contribution in [2.75, 3.05) is 0 Å². The largest absolute Gasteiger partial charge is 0.350 e. The van der Waals surface area contributed by atoms with E-state index < -0.39 is 0 Å². The molecule has 1 amide bonds. The molecule has 1 heterocycles. The summed E-state index contributed by atoms with van der Waals surface area (Å²) in [6.07, 6.45) is 1.53. The van der Waals surface area contributed by atoms with Crippen molar-refractivity contribution < 1.29 is 4.79 Å². The first-order valence-electron chi connectivity index (χ1n) is 9.62. The number of rotatable bonds is 8. The quantitative estimate of drug-likeness (QED) is 0.755. The predicted octanol–water partition coefficient (Wildman–Crippen LogP) is 4.35. The number of benzene rings is 1. The first-order valence-corrected chi connectivity index (χ1v) is 9.62. The lowest BCUT2D eigenvalue weighted by atomic mass is 9.99. The monoisotopic (exact) mass is 366 g/mol. The Balaban J connectivity index is 1.92. The summed E-state index contributed by atoms with van der Waals surface area (Å²) in [5.74, 6) is 0.545. The van der Waals surface area contributed by atoms with Crippen LogP contribution < -0.4 is 5.32 Å². The van der Waals surface area contributed by atoms with E-state index in [4.69, 9.17) is 5.26 Å². The van der Waals surface area contributed by atoms with Crippen molar-refractivity contribution >= 4 is 5.91 Å². The van der Waals surface area contributed by atoms with Crippen LogP contribution in [0.4, 0.5) is 0 Å². The highest BCUT2D eigenvalue weighted by molar-refractivity contribution is 5.76. The molecule has 1 aromatic carbocycles. The van der Waals surface area contributed by atoms with Gasteiger partial charge in [0.2, 0.25) is 5.91 Å². The minimum absolute atomic E-state index is 0.0146. The zero-order valence-corrected chi connectivity index (χ0v) is 17.0. The summed E-state index contributed by atoms with van der Waals surface area (Å²) >= 11 is 0. The maximum atomic E-state index is 12.4. The Morgan fingerprint density at radius 2 is 1.81 bits per heavy atom. The second kappa shape index (κ2) is 9.36. The van der Waals surface area contributed by atoms with Gasteiger partial charge in [0.1, 0.15) is 0 Å². The molecule has 0 radical (unpaired) electrons. The number of nitriles is 1. The first-order chi connectivity index (χ1) is 12.8. The van der Waals surface area contributed by atoms with E-state index in [9.17, 15) is 4.79 Å². The van der Waals surface area contributed by atoms with Gasteiger partial charge < -0.3 is 5.32 Å². The number of carbonyl (C=O) groups excluding carboxylic acids is 1. The Kier molecular flexibility index (Phi) is 7.18. The standard InChI is InChI=1S/C22H30N4O/c1-15(2)19-7-9-20(10-8-19)16(3)24-22(27)12-11-21-17(4)25-26(18(21)5)14-6-13-23/h7-10,15-16H,6,11-12,14H2,1-5H3,(H,24,27). The van der Waals surface area contributed by atoms with Gasteiger partial charge in [0.15, 0.2) is 0 Å². The molecule has 5 nitrogen and oxygen atoms in total. The molecule has 0 saturated carbocycles. The third-order valence-electron chi connectivity index (χ3n) is 5.05. The molecule has 5 heteroatoms. The zero-order chi connectivity index (χ0) is 20.0. The number of aromatic nitrogens is 2. The molecule has 0 aliphatic heterocycles. The van der Waals surface area contributed by atoms with Crippen LogP contribution in [0.3, 0.4) is 0 Å². The van der Waals surface area contributed by atoms with E-state index in [1.165, 1.54) is 5.56 Å². The Labute approximate surface area is 162 Å². The van der Waals surface area contributed by atoms with E-state index in [-0.39, 0.29) is 11.9 Å². The highest BCUT2D eigenvalue weighted by atomic mass is 16.1. The summed E-state index contributed by atoms with van der Waals surface area (Å²) in [6, 6.07) is 10.6. The number of nitrogens with zero attached hydrogens (tertiary/aromatic N) is 3. The molecule has 1 atom stereocenters. The molecule has 1 aromatic heterocycles. The fraction of sp³-hybridized carbons (Fsp3) is 0.500. The Morgan fingerprint density at radius 1 is 1.19 bits per heavy atom. The van der Waals surface area contributed by atoms with Crippen LogP contribution in [0.1, 0.15) is 73.7 Å². The molecule has 1 N–H and O–H groups in total. The number of hydrogen-bond acceptors (Lipinski definition) is 3. The number of carbonyl (C=O) groups is 1. The second-order valence-electron chi connectivity index (χ2n) is 7.39. The fourth-order valence-corrected chi connectivity index (χ4v) is 3.27. The molecule has 2 rings (SSSR count). The summed E-state index contributed by atoms with van der Waals surface area (Å²) in [7, 11) is 0. The van der Waals surface area contributed by atoms with Gasteiger partial charge in [0.25, 0.3) is 0 Å². The molecule has 0 saturated heterocycles. The van der Waals surface area contributed by atoms with Gasteiger partial charge in [-0.2, -0.15) is 10.4 Å². The van der Waals surface area contributed by atoms with E-state index in [1.54, 1.807) is 0 Å². The molecule has 144 valence electrons. The summed E-state index contributed by atoms with van der Waals surface area (Å²) in [6.45, 7) is 10.9. The smallest absolute Gasteiger partial charge is 0.220 e. The van der Waals surface area contributed by atoms with Crippen LogP contribution in [-0.2, 0) is 17.8 Å². The molecule has 0 aliphatic carbocycles. The second-order valence-corrected chi connectivity index (χ2v) is 7.39. The van der Waals surface area contributed by atoms with Crippen molar-refractivity contribution in [2.24, 2.45) is 0 Å². The van der Waals surface area contributed by atoms with Gasteiger partial charge in [0, 0.05) is 12.1 Å². The first kappa shape index (κ1) is 20.7. The number of amides is 1. The van der Waals surface area contributed by atoms with Crippen LogP contribution in [0.2, 0.25) is 0 Å². The summed E-state index contributed by atoms with van der Waals surface area (Å²) in [5.41, 5.74) is 5.52. The normalized spacial score (nSPS) is 12.0. The molecule has 0 fully saturated rings. The molecule has 0 bridgehead atoms. The topological polar surface area (TPSA) is 70.7 Å². The third kappa shape index (κ3) is 5.43. The molecule has 1 unspecified atom stereocenters. The van der Waals surface area contributed by atoms with Crippen LogP contribution in [0.15, 0.2) is 24.3 Å².